The van der Waals surface area contributed by atoms with Crippen molar-refractivity contribution >= 4 is 22.6 Å². The Balaban J connectivity index is 0.976. The van der Waals surface area contributed by atoms with E-state index in [1.165, 1.54) is 0 Å². The molecule has 3 aromatic heterocycles. The molecule has 38 heavy (non-hydrogen) atoms. The predicted molar refractivity (Wildman–Crippen MR) is 138 cm³/mol. The Kier molecular flexibility index (Phi) is 6.56. The summed E-state index contributed by atoms with van der Waals surface area (Å²) in [6, 6.07) is 7.50. The number of carbonyl (C=O) groups is 1. The summed E-state index contributed by atoms with van der Waals surface area (Å²) >= 11 is 0. The average Bonchev–Trinajstić information content (AvgIpc) is 3.84. The number of nitrogens with zero attached hydrogens (tertiary/aromatic N) is 4. The molecule has 1 unspecified atom stereocenters. The van der Waals surface area contributed by atoms with Crippen LogP contribution in [-0.2, 0) is 11.3 Å². The van der Waals surface area contributed by atoms with Gasteiger partial charge in [0.05, 0.1) is 29.5 Å². The van der Waals surface area contributed by atoms with Crippen molar-refractivity contribution < 1.29 is 18.3 Å². The number of carbonyl (C=O) groups excluding carboxylic acids is 1. The number of halogens is 2. The van der Waals surface area contributed by atoms with Crippen LogP contribution in [0.15, 0.2) is 41.5 Å². The highest BCUT2D eigenvalue weighted by Gasteiger charge is 2.58. The van der Waals surface area contributed by atoms with Crippen LogP contribution in [0.1, 0.15) is 46.8 Å². The van der Waals surface area contributed by atoms with Crippen LogP contribution in [0, 0.1) is 0 Å². The maximum absolute atomic E-state index is 12.8. The van der Waals surface area contributed by atoms with Crippen molar-refractivity contribution in [2.75, 3.05) is 44.2 Å². The number of pyridine rings is 3. The van der Waals surface area contributed by atoms with E-state index in [4.69, 9.17) is 4.74 Å². The third kappa shape index (κ3) is 5.53. The third-order valence-electron chi connectivity index (χ3n) is 7.39. The lowest BCUT2D eigenvalue weighted by atomic mass is 10.1. The van der Waals surface area contributed by atoms with Crippen LogP contribution in [0.25, 0.3) is 11.0 Å². The SMILES string of the molecule is O=C(NCCOC1CC1(F)F)c1ccc(N2CCN(Cc3cnc4cc(C5CC5)c(=O)[nH]c4c3)CC2)cn1. The quantitative estimate of drug-likeness (QED) is 0.415. The highest BCUT2D eigenvalue weighted by Crippen LogP contribution is 2.44. The molecule has 6 rings (SSSR count). The van der Waals surface area contributed by atoms with Crippen LogP contribution in [0.2, 0.25) is 0 Å². The molecule has 0 spiro atoms. The highest BCUT2D eigenvalue weighted by molar-refractivity contribution is 5.92. The second-order valence-electron chi connectivity index (χ2n) is 10.3. The van der Waals surface area contributed by atoms with Crippen molar-refractivity contribution in [2.45, 2.75) is 43.8 Å². The topological polar surface area (TPSA) is 103 Å². The summed E-state index contributed by atoms with van der Waals surface area (Å²) in [7, 11) is 0. The Hall–Kier alpha value is -3.44. The zero-order valence-electron chi connectivity index (χ0n) is 21.0. The molecule has 1 atom stereocenters. The largest absolute Gasteiger partial charge is 0.370 e. The Morgan fingerprint density at radius 1 is 1.13 bits per heavy atom. The Labute approximate surface area is 218 Å². The molecule has 0 radical (unpaired) electrons. The lowest BCUT2D eigenvalue weighted by Gasteiger charge is -2.36. The van der Waals surface area contributed by atoms with Gasteiger partial charge < -0.3 is 19.9 Å². The Bertz CT molecular complexity index is 1380. The van der Waals surface area contributed by atoms with Gasteiger partial charge in [0.15, 0.2) is 0 Å². The summed E-state index contributed by atoms with van der Waals surface area (Å²) in [5, 5.41) is 2.65. The minimum absolute atomic E-state index is 0.000358. The lowest BCUT2D eigenvalue weighted by Crippen LogP contribution is -2.46. The first-order chi connectivity index (χ1) is 18.4. The second-order valence-corrected chi connectivity index (χ2v) is 10.3. The molecule has 3 aliphatic rings. The molecule has 0 bridgehead atoms. The number of H-pyrrole nitrogens is 1. The van der Waals surface area contributed by atoms with Crippen molar-refractivity contribution in [3.05, 3.63) is 63.8 Å². The van der Waals surface area contributed by atoms with Crippen LogP contribution in [0.4, 0.5) is 14.5 Å². The molecule has 11 heteroatoms. The molecule has 4 heterocycles. The molecule has 9 nitrogen and oxygen atoms in total. The molecular weight excluding hydrogens is 494 g/mol. The van der Waals surface area contributed by atoms with Crippen molar-refractivity contribution in [3.8, 4) is 0 Å². The van der Waals surface area contributed by atoms with E-state index in [2.05, 4.69) is 30.1 Å². The van der Waals surface area contributed by atoms with Crippen molar-refractivity contribution in [1.29, 1.82) is 0 Å². The van der Waals surface area contributed by atoms with Gasteiger partial charge in [0.1, 0.15) is 11.8 Å². The number of anilines is 1. The summed E-state index contributed by atoms with van der Waals surface area (Å²) in [5.41, 5.74) is 4.75. The standard InChI is InChI=1S/C27H30F2N6O3/c28-27(29)13-24(27)38-10-5-30-26(37)21-4-3-19(15-32-21)35-8-6-34(7-9-35)16-17-11-23-22(31-14-17)12-20(18-1-2-18)25(36)33-23/h3-4,11-12,14-15,18,24H,1-2,5-10,13,16H2,(H,30,37)(H,33,36). The molecule has 3 aromatic rings. The number of nitrogens with one attached hydrogen (secondary N) is 2. The highest BCUT2D eigenvalue weighted by atomic mass is 19.3. The number of aromatic amines is 1. The van der Waals surface area contributed by atoms with E-state index >= 15 is 0 Å². The van der Waals surface area contributed by atoms with E-state index in [1.54, 1.807) is 12.3 Å². The smallest absolute Gasteiger partial charge is 0.276 e. The first-order valence-corrected chi connectivity index (χ1v) is 13.1. The zero-order valence-corrected chi connectivity index (χ0v) is 21.0. The van der Waals surface area contributed by atoms with Gasteiger partial charge in [0.25, 0.3) is 17.4 Å². The molecule has 2 N–H and O–H groups in total. The number of fused-ring (bicyclic) bond motifs is 1. The summed E-state index contributed by atoms with van der Waals surface area (Å²) in [6.45, 7) is 4.31. The number of ether oxygens (including phenoxy) is 1. The third-order valence-corrected chi connectivity index (χ3v) is 7.39. The molecule has 1 saturated heterocycles. The van der Waals surface area contributed by atoms with E-state index in [9.17, 15) is 18.4 Å². The Morgan fingerprint density at radius 3 is 2.61 bits per heavy atom. The fraction of sp³-hybridized carbons (Fsp3) is 0.481. The van der Waals surface area contributed by atoms with Gasteiger partial charge in [-0.15, -0.1) is 0 Å². The maximum Gasteiger partial charge on any atom is 0.276 e. The van der Waals surface area contributed by atoms with Gasteiger partial charge in [-0.1, -0.05) is 0 Å². The van der Waals surface area contributed by atoms with Gasteiger partial charge in [-0.05, 0) is 48.6 Å². The van der Waals surface area contributed by atoms with Crippen LogP contribution in [0.3, 0.4) is 0 Å². The molecular formula is C27H30F2N6O3. The van der Waals surface area contributed by atoms with E-state index in [0.717, 1.165) is 73.4 Å². The van der Waals surface area contributed by atoms with E-state index < -0.39 is 12.0 Å². The first-order valence-electron chi connectivity index (χ1n) is 13.1. The van der Waals surface area contributed by atoms with Crippen molar-refractivity contribution in [1.82, 2.24) is 25.2 Å². The average molecular weight is 525 g/mol. The minimum Gasteiger partial charge on any atom is -0.370 e. The zero-order chi connectivity index (χ0) is 26.3. The van der Waals surface area contributed by atoms with Gasteiger partial charge >= 0.3 is 0 Å². The van der Waals surface area contributed by atoms with E-state index in [-0.39, 0.29) is 36.7 Å². The van der Waals surface area contributed by atoms with Crippen LogP contribution in [0.5, 0.6) is 0 Å². The number of aromatic nitrogens is 3. The van der Waals surface area contributed by atoms with Crippen LogP contribution >= 0.6 is 0 Å². The second kappa shape index (κ2) is 10.0. The predicted octanol–water partition coefficient (Wildman–Crippen LogP) is 2.67. The molecule has 1 amide bonds. The van der Waals surface area contributed by atoms with E-state index in [0.29, 0.717) is 5.92 Å². The number of amides is 1. The summed E-state index contributed by atoms with van der Waals surface area (Å²) in [5.74, 6) is -2.69. The molecule has 0 aromatic carbocycles. The summed E-state index contributed by atoms with van der Waals surface area (Å²) in [6.07, 6.45) is 4.47. The van der Waals surface area contributed by atoms with Crippen LogP contribution in [-0.4, -0.2) is 77.1 Å². The maximum atomic E-state index is 12.8. The van der Waals surface area contributed by atoms with Gasteiger partial charge in [0.2, 0.25) is 0 Å². The minimum atomic E-state index is -2.72. The number of piperazine rings is 1. The molecule has 2 aliphatic carbocycles. The Morgan fingerprint density at radius 2 is 1.92 bits per heavy atom. The lowest BCUT2D eigenvalue weighted by molar-refractivity contribution is 0.0145. The summed E-state index contributed by atoms with van der Waals surface area (Å²) < 4.78 is 30.6. The molecule has 200 valence electrons. The number of hydrogen-bond acceptors (Lipinski definition) is 7. The molecule has 2 saturated carbocycles. The van der Waals surface area contributed by atoms with Crippen molar-refractivity contribution in [3.63, 3.8) is 0 Å². The number of rotatable bonds is 9. The molecule has 3 fully saturated rings. The van der Waals surface area contributed by atoms with Gasteiger partial charge in [-0.3, -0.25) is 19.5 Å². The van der Waals surface area contributed by atoms with Crippen LogP contribution < -0.4 is 15.8 Å². The van der Waals surface area contributed by atoms with Crippen molar-refractivity contribution in [2.24, 2.45) is 0 Å². The fourth-order valence-electron chi connectivity index (χ4n) is 4.88. The summed E-state index contributed by atoms with van der Waals surface area (Å²) in [4.78, 5) is 41.1. The number of alkyl halides is 2. The normalized spacial score (nSPS) is 21.0. The van der Waals surface area contributed by atoms with Gasteiger partial charge in [-0.25, -0.2) is 13.8 Å². The monoisotopic (exact) mass is 524 g/mol. The first kappa shape index (κ1) is 24.9. The van der Waals surface area contributed by atoms with Gasteiger partial charge in [0, 0.05) is 57.4 Å². The van der Waals surface area contributed by atoms with Gasteiger partial charge in [-0.2, -0.15) is 0 Å². The number of hydrogen-bond donors (Lipinski definition) is 2. The van der Waals surface area contributed by atoms with E-state index in [1.807, 2.05) is 24.4 Å². The fourth-order valence-corrected chi connectivity index (χ4v) is 4.88. The molecule has 1 aliphatic heterocycles.